The summed E-state index contributed by atoms with van der Waals surface area (Å²) < 4.78 is 0. The fourth-order valence-corrected chi connectivity index (χ4v) is 2.81. The van der Waals surface area contributed by atoms with Crippen LogP contribution in [-0.4, -0.2) is 6.54 Å². The average molecular weight is 273 g/mol. The maximum atomic E-state index is 3.91. The fourth-order valence-electron chi connectivity index (χ4n) is 2.81. The van der Waals surface area contributed by atoms with Crippen molar-refractivity contribution in [1.82, 2.24) is 0 Å². The summed E-state index contributed by atoms with van der Waals surface area (Å²) in [7, 11) is 0. The molecule has 0 aliphatic heterocycles. The van der Waals surface area contributed by atoms with Crippen molar-refractivity contribution >= 4 is 22.1 Å². The molecule has 0 bridgehead atoms. The van der Waals surface area contributed by atoms with Gasteiger partial charge in [-0.3, -0.25) is 0 Å². The van der Waals surface area contributed by atoms with Crippen LogP contribution in [0, 0.1) is 6.92 Å². The Morgan fingerprint density at radius 3 is 2.33 bits per heavy atom. The van der Waals surface area contributed by atoms with Crippen molar-refractivity contribution in [3.05, 3.63) is 84.9 Å². The largest absolute Gasteiger partial charge is 0.337 e. The van der Waals surface area contributed by atoms with Crippen LogP contribution in [0.1, 0.15) is 5.56 Å². The maximum absolute atomic E-state index is 3.91. The Morgan fingerprint density at radius 2 is 1.62 bits per heavy atom. The number of rotatable bonds is 4. The molecule has 0 saturated carbocycles. The monoisotopic (exact) mass is 273 g/mol. The van der Waals surface area contributed by atoms with E-state index in [9.17, 15) is 0 Å². The maximum Gasteiger partial charge on any atom is 0.0496 e. The van der Waals surface area contributed by atoms with Gasteiger partial charge in [-0.2, -0.15) is 0 Å². The third-order valence-corrected chi connectivity index (χ3v) is 3.76. The molecule has 104 valence electrons. The lowest BCUT2D eigenvalue weighted by Gasteiger charge is -2.25. The fraction of sp³-hybridized carbons (Fsp3) is 0.100. The van der Waals surface area contributed by atoms with E-state index in [-0.39, 0.29) is 0 Å². The van der Waals surface area contributed by atoms with Crippen molar-refractivity contribution < 1.29 is 0 Å². The Balaban J connectivity index is 2.23. The van der Waals surface area contributed by atoms with Crippen LogP contribution in [0.4, 0.5) is 11.4 Å². The van der Waals surface area contributed by atoms with Crippen molar-refractivity contribution in [2.75, 3.05) is 11.4 Å². The number of hydrogen-bond acceptors (Lipinski definition) is 1. The molecule has 0 amide bonds. The van der Waals surface area contributed by atoms with Gasteiger partial charge in [0, 0.05) is 23.3 Å². The van der Waals surface area contributed by atoms with Crippen molar-refractivity contribution in [2.24, 2.45) is 0 Å². The zero-order chi connectivity index (χ0) is 14.7. The molecular formula is C20H19N. The van der Waals surface area contributed by atoms with Crippen LogP contribution in [0.2, 0.25) is 0 Å². The molecule has 0 fully saturated rings. The van der Waals surface area contributed by atoms with Crippen molar-refractivity contribution in [3.63, 3.8) is 0 Å². The lowest BCUT2D eigenvalue weighted by molar-refractivity contribution is 1.11. The van der Waals surface area contributed by atoms with Crippen molar-refractivity contribution in [3.8, 4) is 0 Å². The molecular weight excluding hydrogens is 254 g/mol. The Kier molecular flexibility index (Phi) is 3.74. The van der Waals surface area contributed by atoms with Gasteiger partial charge in [-0.1, -0.05) is 54.6 Å². The number of para-hydroxylation sites is 1. The molecule has 1 heteroatoms. The molecule has 21 heavy (non-hydrogen) atoms. The third-order valence-electron chi connectivity index (χ3n) is 3.76. The number of aryl methyl sites for hydroxylation is 1. The van der Waals surface area contributed by atoms with E-state index in [1.165, 1.54) is 27.7 Å². The Bertz CT molecular complexity index is 754. The van der Waals surface area contributed by atoms with E-state index in [1.54, 1.807) is 0 Å². The molecule has 3 aromatic rings. The Labute approximate surface area is 126 Å². The van der Waals surface area contributed by atoms with E-state index in [1.807, 2.05) is 12.1 Å². The van der Waals surface area contributed by atoms with Gasteiger partial charge < -0.3 is 4.90 Å². The van der Waals surface area contributed by atoms with Crippen LogP contribution in [0.25, 0.3) is 10.8 Å². The summed E-state index contributed by atoms with van der Waals surface area (Å²) in [5, 5.41) is 2.59. The van der Waals surface area contributed by atoms with Gasteiger partial charge in [0.05, 0.1) is 0 Å². The second-order valence-electron chi connectivity index (χ2n) is 5.18. The van der Waals surface area contributed by atoms with Gasteiger partial charge in [-0.05, 0) is 36.1 Å². The predicted molar refractivity (Wildman–Crippen MR) is 92.3 cm³/mol. The zero-order valence-electron chi connectivity index (χ0n) is 12.3. The van der Waals surface area contributed by atoms with E-state index in [0.29, 0.717) is 0 Å². The van der Waals surface area contributed by atoms with E-state index in [0.717, 1.165) is 6.54 Å². The van der Waals surface area contributed by atoms with Crippen LogP contribution >= 0.6 is 0 Å². The molecule has 0 aromatic heterocycles. The lowest BCUT2D eigenvalue weighted by Crippen LogP contribution is -2.17. The predicted octanol–water partition coefficient (Wildman–Crippen LogP) is 5.47. The molecule has 0 heterocycles. The molecule has 0 aliphatic rings. The molecule has 0 spiro atoms. The highest BCUT2D eigenvalue weighted by Crippen LogP contribution is 2.34. The third kappa shape index (κ3) is 2.55. The Hall–Kier alpha value is -2.54. The number of benzene rings is 3. The van der Waals surface area contributed by atoms with Gasteiger partial charge in [-0.25, -0.2) is 0 Å². The molecule has 1 nitrogen and oxygen atoms in total. The molecule has 3 aromatic carbocycles. The highest BCUT2D eigenvalue weighted by molar-refractivity contribution is 5.98. The molecule has 0 atom stereocenters. The molecule has 0 radical (unpaired) electrons. The van der Waals surface area contributed by atoms with Crippen LogP contribution in [0.15, 0.2) is 79.4 Å². The van der Waals surface area contributed by atoms with Crippen LogP contribution < -0.4 is 4.90 Å². The van der Waals surface area contributed by atoms with Crippen molar-refractivity contribution in [1.29, 1.82) is 0 Å². The minimum absolute atomic E-state index is 0.789. The normalized spacial score (nSPS) is 10.5. The summed E-state index contributed by atoms with van der Waals surface area (Å²) in [4.78, 5) is 2.31. The lowest BCUT2D eigenvalue weighted by atomic mass is 10.0. The molecule has 0 aliphatic carbocycles. The number of anilines is 2. The molecule has 0 N–H and O–H groups in total. The first-order valence-corrected chi connectivity index (χ1v) is 7.23. The summed E-state index contributed by atoms with van der Waals surface area (Å²) in [6.45, 7) is 6.87. The molecule has 3 rings (SSSR count). The van der Waals surface area contributed by atoms with E-state index < -0.39 is 0 Å². The summed E-state index contributed by atoms with van der Waals surface area (Å²) in [5.41, 5.74) is 3.72. The SMILES string of the molecule is C=CCN(c1ccccc1)c1cccc2cccc(C)c12. The van der Waals surface area contributed by atoms with E-state index in [4.69, 9.17) is 0 Å². The van der Waals surface area contributed by atoms with Crippen LogP contribution in [0.3, 0.4) is 0 Å². The first-order valence-electron chi connectivity index (χ1n) is 7.23. The average Bonchev–Trinajstić information content (AvgIpc) is 2.53. The van der Waals surface area contributed by atoms with Gasteiger partial charge in [-0.15, -0.1) is 6.58 Å². The van der Waals surface area contributed by atoms with E-state index in [2.05, 4.69) is 79.1 Å². The highest BCUT2D eigenvalue weighted by atomic mass is 15.1. The summed E-state index contributed by atoms with van der Waals surface area (Å²) in [5.74, 6) is 0. The van der Waals surface area contributed by atoms with Gasteiger partial charge in [0.2, 0.25) is 0 Å². The van der Waals surface area contributed by atoms with Gasteiger partial charge >= 0.3 is 0 Å². The molecule has 0 unspecified atom stereocenters. The number of hydrogen-bond donors (Lipinski definition) is 0. The van der Waals surface area contributed by atoms with Crippen LogP contribution in [0.5, 0.6) is 0 Å². The first-order chi connectivity index (χ1) is 10.3. The van der Waals surface area contributed by atoms with Crippen LogP contribution in [-0.2, 0) is 0 Å². The quantitative estimate of drug-likeness (QED) is 0.569. The smallest absolute Gasteiger partial charge is 0.0496 e. The summed E-state index contributed by atoms with van der Waals surface area (Å²) in [6, 6.07) is 23.4. The van der Waals surface area contributed by atoms with E-state index >= 15 is 0 Å². The van der Waals surface area contributed by atoms with Gasteiger partial charge in [0.1, 0.15) is 0 Å². The first kappa shape index (κ1) is 13.4. The van der Waals surface area contributed by atoms with Gasteiger partial charge in [0.15, 0.2) is 0 Å². The standard InChI is InChI=1S/C20H19N/c1-3-15-21(18-12-5-4-6-13-18)19-14-8-11-17-10-7-9-16(2)20(17)19/h3-14H,1,15H2,2H3. The van der Waals surface area contributed by atoms with Crippen molar-refractivity contribution in [2.45, 2.75) is 6.92 Å². The minimum atomic E-state index is 0.789. The minimum Gasteiger partial charge on any atom is -0.337 e. The second kappa shape index (κ2) is 5.84. The number of fused-ring (bicyclic) bond motifs is 1. The summed E-state index contributed by atoms with van der Waals surface area (Å²) >= 11 is 0. The topological polar surface area (TPSA) is 3.24 Å². The van der Waals surface area contributed by atoms with Gasteiger partial charge in [0.25, 0.3) is 0 Å². The molecule has 0 saturated heterocycles. The summed E-state index contributed by atoms with van der Waals surface area (Å²) in [6.07, 6.45) is 1.95. The Morgan fingerprint density at radius 1 is 0.905 bits per heavy atom. The highest BCUT2D eigenvalue weighted by Gasteiger charge is 2.12. The number of nitrogens with zero attached hydrogens (tertiary/aromatic N) is 1. The zero-order valence-corrected chi connectivity index (χ0v) is 12.3. The second-order valence-corrected chi connectivity index (χ2v) is 5.18.